The number of hydrogen-bond acceptors (Lipinski definition) is 4. The summed E-state index contributed by atoms with van der Waals surface area (Å²) in [7, 11) is 0. The molecule has 0 saturated heterocycles. The average molecular weight is 260 g/mol. The van der Waals surface area contributed by atoms with E-state index in [-0.39, 0.29) is 0 Å². The number of nitrogens with one attached hydrogen (secondary N) is 1. The Hall–Kier alpha value is -1.72. The van der Waals surface area contributed by atoms with Crippen molar-refractivity contribution in [3.8, 4) is 17.0 Å². The van der Waals surface area contributed by atoms with Gasteiger partial charge in [0, 0.05) is 11.8 Å². The number of benzene rings is 1. The van der Waals surface area contributed by atoms with E-state index >= 15 is 0 Å². The fourth-order valence-electron chi connectivity index (χ4n) is 2.29. The number of aromatic amines is 1. The Labute approximate surface area is 109 Å². The van der Waals surface area contributed by atoms with Crippen molar-refractivity contribution in [1.82, 2.24) is 9.97 Å². The van der Waals surface area contributed by atoms with Crippen LogP contribution in [0.5, 0.6) is 5.75 Å². The Morgan fingerprint density at radius 3 is 2.94 bits per heavy atom. The van der Waals surface area contributed by atoms with Gasteiger partial charge in [0.15, 0.2) is 4.77 Å². The number of aliphatic hydroxyl groups excluding tert-OH is 1. The smallest absolute Gasteiger partial charge is 0.227 e. The Kier molecular flexibility index (Phi) is 2.46. The first-order valence-electron chi connectivity index (χ1n) is 5.62. The van der Waals surface area contributed by atoms with Crippen LogP contribution >= 0.6 is 12.2 Å². The first-order valence-corrected chi connectivity index (χ1v) is 6.02. The highest BCUT2D eigenvalue weighted by molar-refractivity contribution is 7.71. The van der Waals surface area contributed by atoms with Gasteiger partial charge in [-0.3, -0.25) is 0 Å². The van der Waals surface area contributed by atoms with Crippen LogP contribution < -0.4 is 4.74 Å². The van der Waals surface area contributed by atoms with E-state index in [0.717, 1.165) is 22.4 Å². The molecule has 0 bridgehead atoms. The summed E-state index contributed by atoms with van der Waals surface area (Å²) in [5.74, 6) is 0.692. The topological polar surface area (TPSA) is 58.1 Å². The summed E-state index contributed by atoms with van der Waals surface area (Å²) in [6, 6.07) is 4.03. The molecule has 4 nitrogen and oxygen atoms in total. The highest BCUT2D eigenvalue weighted by Crippen LogP contribution is 2.42. The van der Waals surface area contributed by atoms with Gasteiger partial charge in [0.1, 0.15) is 5.75 Å². The lowest BCUT2D eigenvalue weighted by Crippen LogP contribution is -2.16. The van der Waals surface area contributed by atoms with Gasteiger partial charge in [-0.05, 0) is 43.3 Å². The second-order valence-electron chi connectivity index (χ2n) is 4.45. The monoisotopic (exact) mass is 260 g/mol. The van der Waals surface area contributed by atoms with Gasteiger partial charge >= 0.3 is 0 Å². The predicted molar refractivity (Wildman–Crippen MR) is 69.9 cm³/mol. The first-order chi connectivity index (χ1) is 8.56. The number of hydrogen-bond donors (Lipinski definition) is 2. The van der Waals surface area contributed by atoms with E-state index in [1.165, 1.54) is 0 Å². The van der Waals surface area contributed by atoms with Gasteiger partial charge in [-0.2, -0.15) is 0 Å². The molecule has 0 amide bonds. The number of ether oxygens (including phenoxy) is 1. The van der Waals surface area contributed by atoms with E-state index in [0.29, 0.717) is 16.1 Å². The second-order valence-corrected chi connectivity index (χ2v) is 4.83. The molecule has 2 aromatic rings. The number of rotatable bonds is 0. The lowest BCUT2D eigenvalue weighted by molar-refractivity contribution is -0.0224. The van der Waals surface area contributed by atoms with E-state index < -0.39 is 6.29 Å². The maximum Gasteiger partial charge on any atom is 0.227 e. The van der Waals surface area contributed by atoms with Gasteiger partial charge in [-0.15, -0.1) is 0 Å². The second kappa shape index (κ2) is 3.90. The molecule has 3 rings (SSSR count). The Balaban J connectivity index is 2.37. The molecule has 0 aliphatic carbocycles. The Morgan fingerprint density at radius 1 is 1.39 bits per heavy atom. The summed E-state index contributed by atoms with van der Waals surface area (Å²) in [6.45, 7) is 3.98. The van der Waals surface area contributed by atoms with Crippen LogP contribution in [0, 0.1) is 18.6 Å². The molecule has 2 N–H and O–H groups in total. The Bertz CT molecular complexity index is 694. The van der Waals surface area contributed by atoms with Crippen molar-refractivity contribution in [3.63, 3.8) is 0 Å². The fourth-order valence-corrected chi connectivity index (χ4v) is 2.44. The van der Waals surface area contributed by atoms with Gasteiger partial charge in [-0.25, -0.2) is 4.98 Å². The van der Waals surface area contributed by atoms with Crippen molar-refractivity contribution in [2.45, 2.75) is 20.1 Å². The van der Waals surface area contributed by atoms with Crippen molar-refractivity contribution in [2.75, 3.05) is 0 Å². The first kappa shape index (κ1) is 11.4. The van der Waals surface area contributed by atoms with Crippen LogP contribution in [-0.2, 0) is 0 Å². The standard InChI is InChI=1S/C13H12N2O2S/c1-6-3-7(2)11-8(4-6)10-9(12(16)17-11)5-14-13(18)15-10/h3-5,12,16H,1-2H3,(H,14,15,18). The number of aromatic nitrogens is 2. The molecule has 2 heterocycles. The number of aryl methyl sites for hydroxylation is 2. The maximum atomic E-state index is 9.98. The fraction of sp³-hybridized carbons (Fsp3) is 0.231. The van der Waals surface area contributed by atoms with Crippen molar-refractivity contribution in [3.05, 3.63) is 39.8 Å². The molecule has 0 saturated carbocycles. The van der Waals surface area contributed by atoms with Crippen LogP contribution in [0.2, 0.25) is 0 Å². The molecule has 5 heteroatoms. The molecule has 1 aliphatic rings. The summed E-state index contributed by atoms with van der Waals surface area (Å²) >= 11 is 5.04. The molecule has 92 valence electrons. The van der Waals surface area contributed by atoms with Crippen LogP contribution in [0.4, 0.5) is 0 Å². The normalized spacial score (nSPS) is 16.7. The highest BCUT2D eigenvalue weighted by Gasteiger charge is 2.26. The van der Waals surface area contributed by atoms with Gasteiger partial charge in [0.05, 0.1) is 11.3 Å². The minimum absolute atomic E-state index is 0.396. The zero-order valence-electron chi connectivity index (χ0n) is 10.0. The van der Waals surface area contributed by atoms with Gasteiger partial charge in [0.2, 0.25) is 6.29 Å². The summed E-state index contributed by atoms with van der Waals surface area (Å²) < 4.78 is 5.94. The minimum atomic E-state index is -1.01. The molecule has 1 atom stereocenters. The lowest BCUT2D eigenvalue weighted by atomic mass is 9.98. The summed E-state index contributed by atoms with van der Waals surface area (Å²) in [5.41, 5.74) is 4.44. The number of nitrogens with zero attached hydrogens (tertiary/aromatic N) is 1. The number of H-pyrrole nitrogens is 1. The quantitative estimate of drug-likeness (QED) is 0.715. The van der Waals surface area contributed by atoms with Crippen LogP contribution in [0.15, 0.2) is 18.3 Å². The molecule has 1 unspecified atom stereocenters. The average Bonchev–Trinajstić information content (AvgIpc) is 2.31. The number of fused-ring (bicyclic) bond motifs is 3. The summed E-state index contributed by atoms with van der Waals surface area (Å²) in [5, 5.41) is 9.98. The van der Waals surface area contributed by atoms with Crippen LogP contribution in [0.1, 0.15) is 23.0 Å². The predicted octanol–water partition coefficient (Wildman–Crippen LogP) is 2.81. The third-order valence-corrected chi connectivity index (χ3v) is 3.23. The van der Waals surface area contributed by atoms with Crippen LogP contribution in [0.3, 0.4) is 0 Å². The number of aliphatic hydroxyl groups is 1. The largest absolute Gasteiger partial charge is 0.460 e. The van der Waals surface area contributed by atoms with E-state index in [2.05, 4.69) is 9.97 Å². The molecular weight excluding hydrogens is 248 g/mol. The summed E-state index contributed by atoms with van der Waals surface area (Å²) in [6.07, 6.45) is 0.549. The molecule has 0 radical (unpaired) electrons. The molecule has 1 aromatic heterocycles. The molecule has 1 aliphatic heterocycles. The molecule has 0 fully saturated rings. The minimum Gasteiger partial charge on any atom is -0.460 e. The third kappa shape index (κ3) is 1.63. The van der Waals surface area contributed by atoms with E-state index in [4.69, 9.17) is 17.0 Å². The van der Waals surface area contributed by atoms with Crippen LogP contribution in [-0.4, -0.2) is 15.1 Å². The SMILES string of the molecule is Cc1cc(C)c2c(c1)-c1[nH]c(=S)ncc1C(O)O2. The third-order valence-electron chi connectivity index (χ3n) is 3.03. The van der Waals surface area contributed by atoms with Gasteiger partial charge in [-0.1, -0.05) is 6.07 Å². The molecule has 0 spiro atoms. The summed E-state index contributed by atoms with van der Waals surface area (Å²) in [4.78, 5) is 7.01. The van der Waals surface area contributed by atoms with Crippen molar-refractivity contribution in [1.29, 1.82) is 0 Å². The zero-order chi connectivity index (χ0) is 12.9. The van der Waals surface area contributed by atoms with Crippen molar-refractivity contribution in [2.24, 2.45) is 0 Å². The van der Waals surface area contributed by atoms with E-state index in [1.54, 1.807) is 6.20 Å². The molecule has 18 heavy (non-hydrogen) atoms. The highest BCUT2D eigenvalue weighted by atomic mass is 32.1. The Morgan fingerprint density at radius 2 is 2.17 bits per heavy atom. The van der Waals surface area contributed by atoms with Crippen molar-refractivity contribution >= 4 is 12.2 Å². The molecule has 1 aromatic carbocycles. The van der Waals surface area contributed by atoms with Crippen LogP contribution in [0.25, 0.3) is 11.3 Å². The molecular formula is C13H12N2O2S. The van der Waals surface area contributed by atoms with E-state index in [1.807, 2.05) is 26.0 Å². The van der Waals surface area contributed by atoms with Crippen molar-refractivity contribution < 1.29 is 9.84 Å². The van der Waals surface area contributed by atoms with E-state index in [9.17, 15) is 5.11 Å². The zero-order valence-corrected chi connectivity index (χ0v) is 10.8. The van der Waals surface area contributed by atoms with Gasteiger partial charge in [0.25, 0.3) is 0 Å². The van der Waals surface area contributed by atoms with Gasteiger partial charge < -0.3 is 14.8 Å². The lowest BCUT2D eigenvalue weighted by Gasteiger charge is -2.26. The maximum absolute atomic E-state index is 9.98.